The Hall–Kier alpha value is -1.31. The Kier molecular flexibility index (Phi) is 2.71. The smallest absolute Gasteiger partial charge is 0.160 e. The lowest BCUT2D eigenvalue weighted by Gasteiger charge is -2.17. The van der Waals surface area contributed by atoms with Crippen LogP contribution in [0.2, 0.25) is 0 Å². The Morgan fingerprint density at radius 1 is 1.54 bits per heavy atom. The van der Waals surface area contributed by atoms with E-state index in [9.17, 15) is 4.79 Å². The van der Waals surface area contributed by atoms with Crippen LogP contribution in [0.1, 0.15) is 20.3 Å². The lowest BCUT2D eigenvalue weighted by Crippen LogP contribution is -2.13. The van der Waals surface area contributed by atoms with Crippen molar-refractivity contribution >= 4 is 5.78 Å². The van der Waals surface area contributed by atoms with Gasteiger partial charge in [-0.3, -0.25) is 4.79 Å². The summed E-state index contributed by atoms with van der Waals surface area (Å²) in [7, 11) is 1.81. The molecule has 0 bridgehead atoms. The number of hydrogen-bond donors (Lipinski definition) is 1. The Labute approximate surface area is 79.0 Å². The average molecular weight is 177 g/mol. The number of nitrogens with one attached hydrogen (secondary N) is 1. The summed E-state index contributed by atoms with van der Waals surface area (Å²) in [6.07, 6.45) is 2.22. The third-order valence-electron chi connectivity index (χ3n) is 2.42. The molecule has 2 nitrogen and oxygen atoms in total. The van der Waals surface area contributed by atoms with E-state index in [2.05, 4.69) is 11.9 Å². The van der Waals surface area contributed by atoms with Gasteiger partial charge in [-0.25, -0.2) is 0 Å². The van der Waals surface area contributed by atoms with Gasteiger partial charge in [0.1, 0.15) is 0 Å². The van der Waals surface area contributed by atoms with Gasteiger partial charge in [0.25, 0.3) is 0 Å². The van der Waals surface area contributed by atoms with Crippen molar-refractivity contribution in [1.82, 2.24) is 5.32 Å². The first-order valence-electron chi connectivity index (χ1n) is 4.34. The van der Waals surface area contributed by atoms with Crippen molar-refractivity contribution in [3.8, 4) is 0 Å². The van der Waals surface area contributed by atoms with Crippen LogP contribution in [-0.2, 0) is 4.79 Å². The highest BCUT2D eigenvalue weighted by Crippen LogP contribution is 2.25. The minimum atomic E-state index is 0.162. The molecule has 0 radical (unpaired) electrons. The maximum Gasteiger partial charge on any atom is 0.160 e. The van der Waals surface area contributed by atoms with Crippen LogP contribution in [-0.4, -0.2) is 12.8 Å². The van der Waals surface area contributed by atoms with Gasteiger partial charge in [-0.15, -0.1) is 0 Å². The molecule has 1 aliphatic rings. The summed E-state index contributed by atoms with van der Waals surface area (Å²) >= 11 is 0. The molecule has 70 valence electrons. The first-order valence-corrected chi connectivity index (χ1v) is 4.34. The summed E-state index contributed by atoms with van der Waals surface area (Å²) in [5, 5.41) is 2.96. The van der Waals surface area contributed by atoms with Crippen molar-refractivity contribution < 1.29 is 4.79 Å². The molecule has 0 aromatic rings. The number of carbonyl (C=O) groups excluding carboxylic acids is 1. The van der Waals surface area contributed by atoms with Crippen LogP contribution >= 0.6 is 0 Å². The normalized spacial score (nSPS) is 17.2. The van der Waals surface area contributed by atoms with E-state index in [0.29, 0.717) is 6.42 Å². The second-order valence-electron chi connectivity index (χ2n) is 3.33. The number of carbonyl (C=O) groups is 1. The molecule has 0 aromatic heterocycles. The number of ketones is 1. The predicted molar refractivity (Wildman–Crippen MR) is 54.3 cm³/mol. The molecule has 2 heteroatoms. The molecule has 1 aliphatic carbocycles. The van der Waals surface area contributed by atoms with Gasteiger partial charge in [0, 0.05) is 24.7 Å². The largest absolute Gasteiger partial charge is 0.388 e. The molecule has 0 unspecified atom stereocenters. The van der Waals surface area contributed by atoms with Crippen LogP contribution in [0, 0.1) is 0 Å². The van der Waals surface area contributed by atoms with Gasteiger partial charge < -0.3 is 5.32 Å². The van der Waals surface area contributed by atoms with Gasteiger partial charge in [-0.05, 0) is 25.5 Å². The average Bonchev–Trinajstić information content (AvgIpc) is 2.10. The van der Waals surface area contributed by atoms with Crippen molar-refractivity contribution in [3.05, 3.63) is 35.1 Å². The number of hydrogen-bond acceptors (Lipinski definition) is 2. The van der Waals surface area contributed by atoms with E-state index in [4.69, 9.17) is 0 Å². The molecule has 0 spiro atoms. The fourth-order valence-electron chi connectivity index (χ4n) is 1.39. The molecule has 1 rings (SSSR count). The van der Waals surface area contributed by atoms with E-state index < -0.39 is 0 Å². The summed E-state index contributed by atoms with van der Waals surface area (Å²) in [4.78, 5) is 11.3. The molecule has 0 atom stereocenters. The van der Waals surface area contributed by atoms with Gasteiger partial charge in [0.05, 0.1) is 0 Å². The molecule has 0 aliphatic heterocycles. The Balaban J connectivity index is 3.07. The molecule has 1 N–H and O–H groups in total. The van der Waals surface area contributed by atoms with Crippen LogP contribution < -0.4 is 5.32 Å². The second kappa shape index (κ2) is 3.60. The van der Waals surface area contributed by atoms with E-state index in [1.165, 1.54) is 5.57 Å². The van der Waals surface area contributed by atoms with Crippen molar-refractivity contribution in [2.45, 2.75) is 20.3 Å². The van der Waals surface area contributed by atoms with Gasteiger partial charge >= 0.3 is 0 Å². The molecule has 13 heavy (non-hydrogen) atoms. The van der Waals surface area contributed by atoms with Crippen LogP contribution in [0.5, 0.6) is 0 Å². The van der Waals surface area contributed by atoms with Crippen LogP contribution in [0.25, 0.3) is 0 Å². The van der Waals surface area contributed by atoms with E-state index in [1.54, 1.807) is 6.08 Å². The van der Waals surface area contributed by atoms with Crippen LogP contribution in [0.15, 0.2) is 35.1 Å². The lowest BCUT2D eigenvalue weighted by atomic mass is 9.91. The first kappa shape index (κ1) is 9.78. The third kappa shape index (κ3) is 1.89. The molecule has 0 aromatic carbocycles. The minimum absolute atomic E-state index is 0.162. The monoisotopic (exact) mass is 177 g/mol. The van der Waals surface area contributed by atoms with Crippen molar-refractivity contribution in [1.29, 1.82) is 0 Å². The van der Waals surface area contributed by atoms with Gasteiger partial charge in [0.2, 0.25) is 0 Å². The lowest BCUT2D eigenvalue weighted by molar-refractivity contribution is -0.114. The molecule has 0 fully saturated rings. The topological polar surface area (TPSA) is 29.1 Å². The third-order valence-corrected chi connectivity index (χ3v) is 2.42. The highest BCUT2D eigenvalue weighted by Gasteiger charge is 2.15. The standard InChI is InChI=1S/C11H15NO/c1-7-5-10(13)6-11(8(7)2)9(3)12-4/h6,12H,3,5H2,1-2,4H3. The summed E-state index contributed by atoms with van der Waals surface area (Å²) in [6.45, 7) is 7.86. The van der Waals surface area contributed by atoms with Gasteiger partial charge in [-0.1, -0.05) is 12.2 Å². The minimum Gasteiger partial charge on any atom is -0.388 e. The zero-order chi connectivity index (χ0) is 10.0. The van der Waals surface area contributed by atoms with Gasteiger partial charge in [-0.2, -0.15) is 0 Å². The summed E-state index contributed by atoms with van der Waals surface area (Å²) in [5.74, 6) is 0.162. The van der Waals surface area contributed by atoms with Crippen LogP contribution in [0.4, 0.5) is 0 Å². The van der Waals surface area contributed by atoms with E-state index in [0.717, 1.165) is 16.8 Å². The first-order chi connectivity index (χ1) is 6.06. The van der Waals surface area contributed by atoms with Gasteiger partial charge in [0.15, 0.2) is 5.78 Å². The Morgan fingerprint density at radius 2 is 2.15 bits per heavy atom. The zero-order valence-electron chi connectivity index (χ0n) is 8.40. The highest BCUT2D eigenvalue weighted by molar-refractivity contribution is 5.95. The van der Waals surface area contributed by atoms with E-state index >= 15 is 0 Å². The Bertz CT molecular complexity index is 321. The Morgan fingerprint density at radius 3 is 2.69 bits per heavy atom. The SMILES string of the molecule is C=C(NC)C1=CC(=O)CC(C)=C1C. The molecule has 0 saturated carbocycles. The van der Waals surface area contributed by atoms with Crippen molar-refractivity contribution in [3.63, 3.8) is 0 Å². The van der Waals surface area contributed by atoms with Crippen molar-refractivity contribution in [2.75, 3.05) is 7.05 Å². The maximum atomic E-state index is 11.3. The quantitative estimate of drug-likeness (QED) is 0.698. The fourth-order valence-corrected chi connectivity index (χ4v) is 1.39. The number of likely N-dealkylation sites (N-methyl/N-ethyl adjacent to an activating group) is 1. The highest BCUT2D eigenvalue weighted by atomic mass is 16.1. The molecular formula is C11H15NO. The fraction of sp³-hybridized carbons (Fsp3) is 0.364. The summed E-state index contributed by atoms with van der Waals surface area (Å²) < 4.78 is 0. The molecular weight excluding hydrogens is 162 g/mol. The maximum absolute atomic E-state index is 11.3. The predicted octanol–water partition coefficient (Wildman–Crippen LogP) is 1.96. The van der Waals surface area contributed by atoms with E-state index in [1.807, 2.05) is 20.9 Å². The summed E-state index contributed by atoms with van der Waals surface area (Å²) in [5.41, 5.74) is 4.05. The van der Waals surface area contributed by atoms with Crippen molar-refractivity contribution in [2.24, 2.45) is 0 Å². The zero-order valence-corrected chi connectivity index (χ0v) is 8.40. The summed E-state index contributed by atoms with van der Waals surface area (Å²) in [6, 6.07) is 0. The number of allylic oxidation sites excluding steroid dienone is 3. The number of rotatable bonds is 2. The van der Waals surface area contributed by atoms with E-state index in [-0.39, 0.29) is 5.78 Å². The molecule has 0 heterocycles. The second-order valence-corrected chi connectivity index (χ2v) is 3.33. The van der Waals surface area contributed by atoms with Crippen LogP contribution in [0.3, 0.4) is 0 Å². The molecule has 0 saturated heterocycles. The molecule has 0 amide bonds.